The molecule has 1 aromatic carbocycles. The van der Waals surface area contributed by atoms with Crippen LogP contribution in [0.4, 0.5) is 13.2 Å². The summed E-state index contributed by atoms with van der Waals surface area (Å²) in [6.07, 6.45) is -4.79. The first-order chi connectivity index (χ1) is 7.85. The Balaban J connectivity index is 2.83. The predicted molar refractivity (Wildman–Crippen MR) is 71.0 cm³/mol. The highest BCUT2D eigenvalue weighted by atomic mass is 127. The molecule has 0 aromatic heterocycles. The smallest absolute Gasteiger partial charge is 0.313 e. The number of aryl methyl sites for hydroxylation is 1. The van der Waals surface area contributed by atoms with E-state index in [9.17, 15) is 13.2 Å². The van der Waals surface area contributed by atoms with Crippen LogP contribution in [0.5, 0.6) is 0 Å². The number of nitrogens with one attached hydrogen (secondary N) is 1. The molecule has 0 heterocycles. The van der Waals surface area contributed by atoms with E-state index in [1.165, 1.54) is 0 Å². The van der Waals surface area contributed by atoms with Gasteiger partial charge < -0.3 is 5.32 Å². The molecule has 96 valence electrons. The third kappa shape index (κ3) is 4.46. The molecular weight excluding hydrogens is 342 g/mol. The molecule has 0 radical (unpaired) electrons. The summed E-state index contributed by atoms with van der Waals surface area (Å²) in [6.45, 7) is 1.96. The molecule has 0 aliphatic heterocycles. The fourth-order valence-electron chi connectivity index (χ4n) is 1.70. The summed E-state index contributed by atoms with van der Waals surface area (Å²) in [5.41, 5.74) is 2.03. The highest BCUT2D eigenvalue weighted by Gasteiger charge is 2.28. The highest BCUT2D eigenvalue weighted by molar-refractivity contribution is 14.1. The Bertz CT molecular complexity index is 377. The molecule has 1 atom stereocenters. The van der Waals surface area contributed by atoms with Crippen molar-refractivity contribution >= 4 is 22.6 Å². The maximum atomic E-state index is 12.2. The van der Waals surface area contributed by atoms with E-state index in [-0.39, 0.29) is 12.5 Å². The van der Waals surface area contributed by atoms with Gasteiger partial charge in [0.2, 0.25) is 0 Å². The van der Waals surface area contributed by atoms with Crippen molar-refractivity contribution in [2.45, 2.75) is 32.0 Å². The zero-order valence-electron chi connectivity index (χ0n) is 9.74. The van der Waals surface area contributed by atoms with Crippen molar-refractivity contribution in [3.8, 4) is 0 Å². The summed E-state index contributed by atoms with van der Waals surface area (Å²) in [5, 5.41) is 2.95. The summed E-state index contributed by atoms with van der Waals surface area (Å²) >= 11 is 2.18. The SMILES string of the molecule is CNC(CCC(F)(F)F)c1cccc(C)c1I. The van der Waals surface area contributed by atoms with Gasteiger partial charge in [-0.3, -0.25) is 0 Å². The molecule has 0 saturated heterocycles. The average molecular weight is 357 g/mol. The van der Waals surface area contributed by atoms with Crippen LogP contribution in [0.3, 0.4) is 0 Å². The number of halogens is 4. The molecule has 0 amide bonds. The fraction of sp³-hybridized carbons (Fsp3) is 0.500. The molecule has 0 bridgehead atoms. The van der Waals surface area contributed by atoms with Gasteiger partial charge in [0.1, 0.15) is 0 Å². The van der Waals surface area contributed by atoms with Gasteiger partial charge in [0.05, 0.1) is 0 Å². The standard InChI is InChI=1S/C12H15F3IN/c1-8-4-3-5-9(11(8)16)10(17-2)6-7-12(13,14)15/h3-5,10,17H,6-7H2,1-2H3. The highest BCUT2D eigenvalue weighted by Crippen LogP contribution is 2.30. The molecule has 0 aliphatic carbocycles. The van der Waals surface area contributed by atoms with Crippen LogP contribution in [0.25, 0.3) is 0 Å². The molecule has 1 N–H and O–H groups in total. The summed E-state index contributed by atoms with van der Waals surface area (Å²) in [4.78, 5) is 0. The first kappa shape index (κ1) is 14.8. The van der Waals surface area contributed by atoms with E-state index in [1.807, 2.05) is 25.1 Å². The van der Waals surface area contributed by atoms with Crippen molar-refractivity contribution in [1.82, 2.24) is 5.32 Å². The molecule has 1 nitrogen and oxygen atoms in total. The van der Waals surface area contributed by atoms with E-state index in [0.717, 1.165) is 14.7 Å². The maximum absolute atomic E-state index is 12.2. The second-order valence-corrected chi connectivity index (χ2v) is 5.05. The zero-order chi connectivity index (χ0) is 13.1. The van der Waals surface area contributed by atoms with Crippen LogP contribution in [0.1, 0.15) is 30.0 Å². The van der Waals surface area contributed by atoms with Gasteiger partial charge in [-0.2, -0.15) is 13.2 Å². The number of hydrogen-bond acceptors (Lipinski definition) is 1. The van der Waals surface area contributed by atoms with E-state index < -0.39 is 12.6 Å². The lowest BCUT2D eigenvalue weighted by molar-refractivity contribution is -0.136. The molecule has 1 unspecified atom stereocenters. The van der Waals surface area contributed by atoms with E-state index >= 15 is 0 Å². The number of benzene rings is 1. The van der Waals surface area contributed by atoms with Crippen molar-refractivity contribution in [2.24, 2.45) is 0 Å². The van der Waals surface area contributed by atoms with E-state index in [2.05, 4.69) is 27.9 Å². The lowest BCUT2D eigenvalue weighted by Gasteiger charge is -2.20. The van der Waals surface area contributed by atoms with Gasteiger partial charge in [-0.15, -0.1) is 0 Å². The summed E-state index contributed by atoms with van der Waals surface area (Å²) in [5.74, 6) is 0. The van der Waals surface area contributed by atoms with Gasteiger partial charge >= 0.3 is 6.18 Å². The topological polar surface area (TPSA) is 12.0 Å². The largest absolute Gasteiger partial charge is 0.389 e. The zero-order valence-corrected chi connectivity index (χ0v) is 11.9. The van der Waals surface area contributed by atoms with Crippen molar-refractivity contribution < 1.29 is 13.2 Å². The second-order valence-electron chi connectivity index (χ2n) is 3.97. The van der Waals surface area contributed by atoms with Crippen LogP contribution in [-0.4, -0.2) is 13.2 Å². The molecule has 0 aliphatic rings. The first-order valence-electron chi connectivity index (χ1n) is 5.34. The Labute approximate surface area is 113 Å². The average Bonchev–Trinajstić information content (AvgIpc) is 2.23. The van der Waals surface area contributed by atoms with Crippen LogP contribution in [0.15, 0.2) is 18.2 Å². The minimum Gasteiger partial charge on any atom is -0.313 e. The summed E-state index contributed by atoms with van der Waals surface area (Å²) in [7, 11) is 1.69. The Morgan fingerprint density at radius 1 is 1.35 bits per heavy atom. The van der Waals surface area contributed by atoms with Crippen LogP contribution in [0.2, 0.25) is 0 Å². The minimum absolute atomic E-state index is 0.0689. The van der Waals surface area contributed by atoms with Gasteiger partial charge in [-0.05, 0) is 54.1 Å². The lowest BCUT2D eigenvalue weighted by Crippen LogP contribution is -2.20. The quantitative estimate of drug-likeness (QED) is 0.797. The molecule has 0 spiro atoms. The van der Waals surface area contributed by atoms with Gasteiger partial charge in [0.25, 0.3) is 0 Å². The lowest BCUT2D eigenvalue weighted by atomic mass is 10.0. The van der Waals surface area contributed by atoms with Crippen LogP contribution in [-0.2, 0) is 0 Å². The maximum Gasteiger partial charge on any atom is 0.389 e. The number of hydrogen-bond donors (Lipinski definition) is 1. The van der Waals surface area contributed by atoms with E-state index in [0.29, 0.717) is 0 Å². The van der Waals surface area contributed by atoms with Crippen molar-refractivity contribution in [3.63, 3.8) is 0 Å². The van der Waals surface area contributed by atoms with Gasteiger partial charge in [0.15, 0.2) is 0 Å². The fourth-order valence-corrected chi connectivity index (χ4v) is 2.44. The third-order valence-electron chi connectivity index (χ3n) is 2.66. The summed E-state index contributed by atoms with van der Waals surface area (Å²) in [6, 6.07) is 5.47. The molecule has 1 rings (SSSR count). The molecular formula is C12H15F3IN. The number of alkyl halides is 3. The molecule has 5 heteroatoms. The van der Waals surface area contributed by atoms with Gasteiger partial charge in [-0.1, -0.05) is 18.2 Å². The Morgan fingerprint density at radius 2 is 2.00 bits per heavy atom. The predicted octanol–water partition coefficient (Wildman–Crippen LogP) is 4.20. The molecule has 0 fully saturated rings. The van der Waals surface area contributed by atoms with Gasteiger partial charge in [0, 0.05) is 16.0 Å². The first-order valence-corrected chi connectivity index (χ1v) is 6.42. The Kier molecular flexibility index (Phi) is 5.24. The summed E-state index contributed by atoms with van der Waals surface area (Å²) < 4.78 is 37.7. The second kappa shape index (κ2) is 6.04. The monoisotopic (exact) mass is 357 g/mol. The van der Waals surface area contributed by atoms with Crippen LogP contribution in [0, 0.1) is 10.5 Å². The van der Waals surface area contributed by atoms with Crippen molar-refractivity contribution in [1.29, 1.82) is 0 Å². The van der Waals surface area contributed by atoms with Crippen molar-refractivity contribution in [3.05, 3.63) is 32.9 Å². The van der Waals surface area contributed by atoms with E-state index in [1.54, 1.807) is 7.05 Å². The Morgan fingerprint density at radius 3 is 2.53 bits per heavy atom. The molecule has 17 heavy (non-hydrogen) atoms. The third-order valence-corrected chi connectivity index (χ3v) is 4.14. The van der Waals surface area contributed by atoms with Crippen LogP contribution >= 0.6 is 22.6 Å². The normalized spacial score (nSPS) is 13.8. The Hall–Kier alpha value is -0.300. The van der Waals surface area contributed by atoms with Crippen molar-refractivity contribution in [2.75, 3.05) is 7.05 Å². The van der Waals surface area contributed by atoms with Crippen LogP contribution < -0.4 is 5.32 Å². The number of rotatable bonds is 4. The molecule has 0 saturated carbocycles. The van der Waals surface area contributed by atoms with E-state index in [4.69, 9.17) is 0 Å². The minimum atomic E-state index is -4.09. The molecule has 1 aromatic rings. The van der Waals surface area contributed by atoms with Gasteiger partial charge in [-0.25, -0.2) is 0 Å².